The van der Waals surface area contributed by atoms with E-state index in [0.717, 1.165) is 10.0 Å². The van der Waals surface area contributed by atoms with Gasteiger partial charge in [0.2, 0.25) is 5.88 Å². The molecule has 1 aromatic heterocycles. The first kappa shape index (κ1) is 15.8. The van der Waals surface area contributed by atoms with Gasteiger partial charge >= 0.3 is 0 Å². The number of pyridine rings is 1. The first-order valence-electron chi connectivity index (χ1n) is 6.31. The number of nitrogens with zero attached hydrogens (tertiary/aromatic N) is 1. The Hall–Kier alpha value is -1.60. The monoisotopic (exact) mass is 370 g/mol. The van der Waals surface area contributed by atoms with Gasteiger partial charge in [0, 0.05) is 10.7 Å². The molecule has 0 radical (unpaired) electrons. The zero-order chi connectivity index (χ0) is 15.5. The van der Waals surface area contributed by atoms with Crippen molar-refractivity contribution in [2.45, 2.75) is 18.7 Å². The van der Waals surface area contributed by atoms with Gasteiger partial charge in [-0.15, -0.1) is 0 Å². The van der Waals surface area contributed by atoms with Crippen molar-refractivity contribution in [2.75, 3.05) is 11.3 Å². The number of aromatic nitrogens is 1. The molecule has 0 bridgehead atoms. The Morgan fingerprint density at radius 3 is 2.76 bits per heavy atom. The number of anilines is 1. The van der Waals surface area contributed by atoms with Crippen LogP contribution in [0.5, 0.6) is 5.88 Å². The summed E-state index contributed by atoms with van der Waals surface area (Å²) in [5.41, 5.74) is 1.16. The van der Waals surface area contributed by atoms with Crippen LogP contribution in [0, 0.1) is 6.92 Å². The van der Waals surface area contributed by atoms with Crippen LogP contribution in [0.25, 0.3) is 0 Å². The molecule has 1 N–H and O–H groups in total. The molecule has 0 spiro atoms. The second-order valence-electron chi connectivity index (χ2n) is 4.31. The molecule has 1 aromatic carbocycles. The highest BCUT2D eigenvalue weighted by atomic mass is 79.9. The zero-order valence-electron chi connectivity index (χ0n) is 11.6. The minimum absolute atomic E-state index is 0.189. The Labute approximate surface area is 132 Å². The van der Waals surface area contributed by atoms with Crippen LogP contribution in [-0.2, 0) is 10.0 Å². The summed E-state index contributed by atoms with van der Waals surface area (Å²) in [6, 6.07) is 8.10. The van der Waals surface area contributed by atoms with Gasteiger partial charge in [-0.3, -0.25) is 4.72 Å². The van der Waals surface area contributed by atoms with E-state index in [0.29, 0.717) is 12.3 Å². The average Bonchev–Trinajstić information content (AvgIpc) is 2.44. The number of halogens is 1. The molecule has 0 aliphatic rings. The maximum absolute atomic E-state index is 12.4. The van der Waals surface area contributed by atoms with Gasteiger partial charge in [0.05, 0.1) is 11.5 Å². The molecule has 0 unspecified atom stereocenters. The third-order valence-electron chi connectivity index (χ3n) is 2.74. The molecule has 112 valence electrons. The lowest BCUT2D eigenvalue weighted by molar-refractivity contribution is 0.329. The molecule has 0 aliphatic heterocycles. The van der Waals surface area contributed by atoms with E-state index in [1.54, 1.807) is 30.5 Å². The summed E-state index contributed by atoms with van der Waals surface area (Å²) >= 11 is 3.35. The number of hydrogen-bond acceptors (Lipinski definition) is 4. The second kappa shape index (κ2) is 6.44. The summed E-state index contributed by atoms with van der Waals surface area (Å²) in [6.07, 6.45) is 1.55. The number of ether oxygens (including phenoxy) is 1. The predicted molar refractivity (Wildman–Crippen MR) is 85.1 cm³/mol. The number of rotatable bonds is 5. The predicted octanol–water partition coefficient (Wildman–Crippen LogP) is 3.35. The Bertz CT molecular complexity index is 748. The number of benzene rings is 1. The fourth-order valence-electron chi connectivity index (χ4n) is 1.71. The topological polar surface area (TPSA) is 68.3 Å². The number of nitrogens with one attached hydrogen (secondary N) is 1. The lowest BCUT2D eigenvalue weighted by Gasteiger charge is -2.12. The molecule has 2 rings (SSSR count). The number of hydrogen-bond donors (Lipinski definition) is 1. The smallest absolute Gasteiger partial charge is 0.262 e. The summed E-state index contributed by atoms with van der Waals surface area (Å²) < 4.78 is 33.5. The highest BCUT2D eigenvalue weighted by Gasteiger charge is 2.17. The van der Waals surface area contributed by atoms with Crippen LogP contribution < -0.4 is 9.46 Å². The Kier molecular flexibility index (Phi) is 4.84. The molecular formula is C14H15BrN2O3S. The maximum Gasteiger partial charge on any atom is 0.262 e. The van der Waals surface area contributed by atoms with Crippen molar-refractivity contribution in [2.24, 2.45) is 0 Å². The first-order valence-corrected chi connectivity index (χ1v) is 8.58. The second-order valence-corrected chi connectivity index (χ2v) is 6.84. The third-order valence-corrected chi connectivity index (χ3v) is 4.99. The fourth-order valence-corrected chi connectivity index (χ4v) is 3.10. The average molecular weight is 371 g/mol. The van der Waals surface area contributed by atoms with Crippen LogP contribution in [0.3, 0.4) is 0 Å². The minimum atomic E-state index is -3.68. The molecule has 2 aromatic rings. The van der Waals surface area contributed by atoms with E-state index in [4.69, 9.17) is 4.74 Å². The molecule has 5 nitrogen and oxygen atoms in total. The normalized spacial score (nSPS) is 11.2. The largest absolute Gasteiger partial charge is 0.476 e. The standard InChI is InChI=1S/C14H15BrN2O3S/c1-3-20-14-13(5-4-8-16-14)17-21(18,19)11-6-7-12(15)10(2)9-11/h4-9,17H,3H2,1-2H3. The van der Waals surface area contributed by atoms with Gasteiger partial charge in [-0.25, -0.2) is 13.4 Å². The maximum atomic E-state index is 12.4. The van der Waals surface area contributed by atoms with Crippen LogP contribution >= 0.6 is 15.9 Å². The van der Waals surface area contributed by atoms with Gasteiger partial charge in [0.1, 0.15) is 5.69 Å². The van der Waals surface area contributed by atoms with E-state index in [1.165, 1.54) is 6.07 Å². The molecular weight excluding hydrogens is 356 g/mol. The van der Waals surface area contributed by atoms with Crippen molar-refractivity contribution in [1.82, 2.24) is 4.98 Å². The summed E-state index contributed by atoms with van der Waals surface area (Å²) in [6.45, 7) is 4.05. The van der Waals surface area contributed by atoms with Crippen molar-refractivity contribution in [3.05, 3.63) is 46.6 Å². The Morgan fingerprint density at radius 2 is 2.10 bits per heavy atom. The van der Waals surface area contributed by atoms with Crippen molar-refractivity contribution in [3.63, 3.8) is 0 Å². The molecule has 0 amide bonds. The van der Waals surface area contributed by atoms with Gasteiger partial charge in [0.25, 0.3) is 10.0 Å². The van der Waals surface area contributed by atoms with Crippen molar-refractivity contribution < 1.29 is 13.2 Å². The summed E-state index contributed by atoms with van der Waals surface area (Å²) in [5, 5.41) is 0. The van der Waals surface area contributed by atoms with Gasteiger partial charge in [-0.1, -0.05) is 15.9 Å². The van der Waals surface area contributed by atoms with E-state index >= 15 is 0 Å². The molecule has 0 fully saturated rings. The van der Waals surface area contributed by atoms with E-state index < -0.39 is 10.0 Å². The van der Waals surface area contributed by atoms with Crippen molar-refractivity contribution in [1.29, 1.82) is 0 Å². The summed E-state index contributed by atoms with van der Waals surface area (Å²) in [5.74, 6) is 0.261. The van der Waals surface area contributed by atoms with E-state index in [9.17, 15) is 8.42 Å². The highest BCUT2D eigenvalue weighted by molar-refractivity contribution is 9.10. The molecule has 1 heterocycles. The van der Waals surface area contributed by atoms with E-state index in [-0.39, 0.29) is 10.8 Å². The van der Waals surface area contributed by atoms with Gasteiger partial charge in [-0.2, -0.15) is 0 Å². The summed E-state index contributed by atoms with van der Waals surface area (Å²) in [7, 11) is -3.68. The van der Waals surface area contributed by atoms with Crippen LogP contribution in [0.15, 0.2) is 45.9 Å². The fraction of sp³-hybridized carbons (Fsp3) is 0.214. The minimum Gasteiger partial charge on any atom is -0.476 e. The third kappa shape index (κ3) is 3.74. The molecule has 0 saturated carbocycles. The number of sulfonamides is 1. The van der Waals surface area contributed by atoms with E-state index in [2.05, 4.69) is 25.6 Å². The van der Waals surface area contributed by atoms with Gasteiger partial charge < -0.3 is 4.74 Å². The Morgan fingerprint density at radius 1 is 1.33 bits per heavy atom. The molecule has 21 heavy (non-hydrogen) atoms. The lowest BCUT2D eigenvalue weighted by Crippen LogP contribution is -2.14. The van der Waals surface area contributed by atoms with Gasteiger partial charge in [0.15, 0.2) is 0 Å². The molecule has 0 saturated heterocycles. The van der Waals surface area contributed by atoms with E-state index in [1.807, 2.05) is 13.8 Å². The Balaban J connectivity index is 2.35. The van der Waals surface area contributed by atoms with Crippen LogP contribution in [0.1, 0.15) is 12.5 Å². The molecule has 0 aliphatic carbocycles. The quantitative estimate of drug-likeness (QED) is 0.875. The van der Waals surface area contributed by atoms with Crippen LogP contribution in [0.2, 0.25) is 0 Å². The van der Waals surface area contributed by atoms with Crippen LogP contribution in [-0.4, -0.2) is 20.0 Å². The van der Waals surface area contributed by atoms with Crippen molar-refractivity contribution in [3.8, 4) is 5.88 Å². The summed E-state index contributed by atoms with van der Waals surface area (Å²) in [4.78, 5) is 4.21. The van der Waals surface area contributed by atoms with Crippen molar-refractivity contribution >= 4 is 31.6 Å². The lowest BCUT2D eigenvalue weighted by atomic mass is 10.2. The zero-order valence-corrected chi connectivity index (χ0v) is 14.0. The number of aryl methyl sites for hydroxylation is 1. The first-order chi connectivity index (χ1) is 9.94. The van der Waals surface area contributed by atoms with Gasteiger partial charge in [-0.05, 0) is 49.7 Å². The molecule has 7 heteroatoms. The molecule has 0 atom stereocenters. The SMILES string of the molecule is CCOc1ncccc1NS(=O)(=O)c1ccc(Br)c(C)c1. The highest BCUT2D eigenvalue weighted by Crippen LogP contribution is 2.26. The van der Waals surface area contributed by atoms with Crippen LogP contribution in [0.4, 0.5) is 5.69 Å².